The lowest BCUT2D eigenvalue weighted by Gasteiger charge is -2.25. The predicted molar refractivity (Wildman–Crippen MR) is 81.5 cm³/mol. The highest BCUT2D eigenvalue weighted by Crippen LogP contribution is 2.31. The van der Waals surface area contributed by atoms with Gasteiger partial charge in [-0.1, -0.05) is 12.8 Å². The van der Waals surface area contributed by atoms with Crippen molar-refractivity contribution in [1.82, 2.24) is 5.32 Å². The van der Waals surface area contributed by atoms with E-state index in [0.717, 1.165) is 37.8 Å². The number of halogens is 3. The Morgan fingerprint density at radius 3 is 2.48 bits per heavy atom. The van der Waals surface area contributed by atoms with Gasteiger partial charge in [-0.15, -0.1) is 0 Å². The van der Waals surface area contributed by atoms with Gasteiger partial charge in [-0.3, -0.25) is 4.79 Å². The van der Waals surface area contributed by atoms with Gasteiger partial charge in [0, 0.05) is 20.7 Å². The van der Waals surface area contributed by atoms with E-state index in [2.05, 4.69) is 21.2 Å². The highest BCUT2D eigenvalue weighted by molar-refractivity contribution is 9.10. The molecule has 1 aliphatic rings. The van der Waals surface area contributed by atoms with Crippen LogP contribution in [0.1, 0.15) is 43.0 Å². The Balaban J connectivity index is 2.37. The molecule has 1 N–H and O–H groups in total. The first-order valence-electron chi connectivity index (χ1n) is 6.39. The number of carbonyl (C=O) groups is 1. The summed E-state index contributed by atoms with van der Waals surface area (Å²) in [6, 6.07) is 1.89. The molecule has 1 amide bonds. The van der Waals surface area contributed by atoms with Crippen LogP contribution in [0.25, 0.3) is 0 Å². The van der Waals surface area contributed by atoms with E-state index in [-0.39, 0.29) is 15.6 Å². The number of benzene rings is 1. The lowest BCUT2D eigenvalue weighted by molar-refractivity contribution is 0.0907. The monoisotopic (exact) mass is 397 g/mol. The molecule has 2 rings (SSSR count). The van der Waals surface area contributed by atoms with Gasteiger partial charge in [0.1, 0.15) is 10.7 Å². The van der Waals surface area contributed by atoms with Gasteiger partial charge in [-0.05, 0) is 47.8 Å². The summed E-state index contributed by atoms with van der Waals surface area (Å²) in [5, 5.41) is 2.88. The Labute approximate surface area is 135 Å². The molecule has 0 aliphatic heterocycles. The van der Waals surface area contributed by atoms with Crippen LogP contribution in [0.3, 0.4) is 0 Å². The van der Waals surface area contributed by atoms with Crippen molar-refractivity contribution in [2.24, 2.45) is 0 Å². The van der Waals surface area contributed by atoms with Crippen LogP contribution in [-0.2, 0) is 9.05 Å². The highest BCUT2D eigenvalue weighted by atomic mass is 79.9. The van der Waals surface area contributed by atoms with Crippen LogP contribution in [-0.4, -0.2) is 19.9 Å². The van der Waals surface area contributed by atoms with E-state index < -0.39 is 25.7 Å². The number of carbonyl (C=O) groups excluding carboxylic acids is 1. The maximum absolute atomic E-state index is 13.6. The summed E-state index contributed by atoms with van der Waals surface area (Å²) in [6.07, 6.45) is 3.78. The summed E-state index contributed by atoms with van der Waals surface area (Å²) in [7, 11) is 0.923. The first-order valence-corrected chi connectivity index (χ1v) is 9.49. The quantitative estimate of drug-likeness (QED) is 0.792. The van der Waals surface area contributed by atoms with Crippen molar-refractivity contribution in [3.63, 3.8) is 0 Å². The van der Waals surface area contributed by atoms with E-state index in [1.54, 1.807) is 0 Å². The maximum Gasteiger partial charge on any atom is 0.264 e. The van der Waals surface area contributed by atoms with Crippen molar-refractivity contribution in [1.29, 1.82) is 0 Å². The SMILES string of the molecule is CC1(NC(=O)c2cc(S(=O)(=O)Cl)c(F)cc2Br)CCCC1. The second kappa shape index (κ2) is 5.85. The third kappa shape index (κ3) is 3.76. The second-order valence-corrected chi connectivity index (χ2v) is 8.81. The first-order chi connectivity index (χ1) is 9.62. The summed E-state index contributed by atoms with van der Waals surface area (Å²) < 4.78 is 36.5. The standard InChI is InChI=1S/C13H14BrClFNO3S/c1-13(4-2-3-5-13)17-12(18)8-6-11(21(15,19)20)10(16)7-9(8)14/h6-7H,2-5H2,1H3,(H,17,18). The molecule has 0 spiro atoms. The van der Waals surface area contributed by atoms with Crippen molar-refractivity contribution in [2.75, 3.05) is 0 Å². The molecule has 0 heterocycles. The molecule has 0 saturated heterocycles. The molecule has 1 saturated carbocycles. The fourth-order valence-electron chi connectivity index (χ4n) is 2.51. The molecular formula is C13H14BrClFNO3S. The smallest absolute Gasteiger partial charge is 0.264 e. The molecule has 1 fully saturated rings. The Bertz CT molecular complexity index is 687. The van der Waals surface area contributed by atoms with Gasteiger partial charge in [0.2, 0.25) is 0 Å². The first kappa shape index (κ1) is 16.7. The van der Waals surface area contributed by atoms with Crippen LogP contribution < -0.4 is 5.32 Å². The molecule has 8 heteroatoms. The molecule has 0 bridgehead atoms. The molecule has 0 unspecified atom stereocenters. The lowest BCUT2D eigenvalue weighted by atomic mass is 10.00. The fourth-order valence-corrected chi connectivity index (χ4v) is 3.91. The van der Waals surface area contributed by atoms with Gasteiger partial charge in [-0.25, -0.2) is 12.8 Å². The predicted octanol–water partition coefficient (Wildman–Crippen LogP) is 3.58. The van der Waals surface area contributed by atoms with Crippen molar-refractivity contribution in [3.8, 4) is 0 Å². The number of amides is 1. The van der Waals surface area contributed by atoms with E-state index in [1.807, 2.05) is 6.92 Å². The minimum absolute atomic E-state index is 0.0451. The van der Waals surface area contributed by atoms with Crippen LogP contribution in [0, 0.1) is 5.82 Å². The normalized spacial score (nSPS) is 17.7. The van der Waals surface area contributed by atoms with Crippen molar-refractivity contribution in [3.05, 3.63) is 28.0 Å². The maximum atomic E-state index is 13.6. The highest BCUT2D eigenvalue weighted by Gasteiger charge is 2.31. The zero-order chi connectivity index (χ0) is 15.8. The number of hydrogen-bond acceptors (Lipinski definition) is 3. The molecular weight excluding hydrogens is 385 g/mol. The van der Waals surface area contributed by atoms with Crippen LogP contribution in [0.2, 0.25) is 0 Å². The summed E-state index contributed by atoms with van der Waals surface area (Å²) in [5.74, 6) is -1.45. The molecule has 0 radical (unpaired) electrons. The van der Waals surface area contributed by atoms with Crippen LogP contribution in [0.5, 0.6) is 0 Å². The fraction of sp³-hybridized carbons (Fsp3) is 0.462. The van der Waals surface area contributed by atoms with E-state index in [9.17, 15) is 17.6 Å². The lowest BCUT2D eigenvalue weighted by Crippen LogP contribution is -2.43. The van der Waals surface area contributed by atoms with E-state index in [4.69, 9.17) is 10.7 Å². The molecule has 1 aromatic rings. The molecule has 4 nitrogen and oxygen atoms in total. The molecule has 116 valence electrons. The van der Waals surface area contributed by atoms with E-state index >= 15 is 0 Å². The second-order valence-electron chi connectivity index (χ2n) is 5.42. The number of hydrogen-bond donors (Lipinski definition) is 1. The number of rotatable bonds is 3. The minimum Gasteiger partial charge on any atom is -0.347 e. The van der Waals surface area contributed by atoms with Gasteiger partial charge < -0.3 is 5.32 Å². The van der Waals surface area contributed by atoms with Gasteiger partial charge in [0.15, 0.2) is 0 Å². The topological polar surface area (TPSA) is 63.2 Å². The summed E-state index contributed by atoms with van der Waals surface area (Å²) >= 11 is 3.08. The minimum atomic E-state index is -4.25. The van der Waals surface area contributed by atoms with Crippen molar-refractivity contribution < 1.29 is 17.6 Å². The zero-order valence-corrected chi connectivity index (χ0v) is 14.4. The average Bonchev–Trinajstić information content (AvgIpc) is 2.73. The largest absolute Gasteiger partial charge is 0.347 e. The Hall–Kier alpha value is -0.660. The van der Waals surface area contributed by atoms with Gasteiger partial charge in [0.25, 0.3) is 15.0 Å². The summed E-state index contributed by atoms with van der Waals surface area (Å²) in [6.45, 7) is 1.94. The average molecular weight is 399 g/mol. The molecule has 0 atom stereocenters. The van der Waals surface area contributed by atoms with Gasteiger partial charge in [0.05, 0.1) is 5.56 Å². The summed E-state index contributed by atoms with van der Waals surface area (Å²) in [4.78, 5) is 11.6. The molecule has 21 heavy (non-hydrogen) atoms. The summed E-state index contributed by atoms with van der Waals surface area (Å²) in [5.41, 5.74) is -0.269. The third-order valence-corrected chi connectivity index (χ3v) is 5.64. The van der Waals surface area contributed by atoms with Crippen LogP contribution in [0.15, 0.2) is 21.5 Å². The van der Waals surface area contributed by atoms with E-state index in [0.29, 0.717) is 0 Å². The van der Waals surface area contributed by atoms with Crippen LogP contribution >= 0.6 is 26.6 Å². The molecule has 1 aliphatic carbocycles. The van der Waals surface area contributed by atoms with Gasteiger partial charge >= 0.3 is 0 Å². The molecule has 1 aromatic carbocycles. The Kier molecular flexibility index (Phi) is 4.66. The Morgan fingerprint density at radius 2 is 1.95 bits per heavy atom. The zero-order valence-electron chi connectivity index (χ0n) is 11.3. The third-order valence-electron chi connectivity index (χ3n) is 3.65. The Morgan fingerprint density at radius 1 is 1.38 bits per heavy atom. The van der Waals surface area contributed by atoms with Gasteiger partial charge in [-0.2, -0.15) is 0 Å². The van der Waals surface area contributed by atoms with Crippen molar-refractivity contribution >= 4 is 41.6 Å². The number of nitrogens with one attached hydrogen (secondary N) is 1. The van der Waals surface area contributed by atoms with Crippen LogP contribution in [0.4, 0.5) is 4.39 Å². The molecule has 0 aromatic heterocycles. The van der Waals surface area contributed by atoms with E-state index in [1.165, 1.54) is 0 Å². The van der Waals surface area contributed by atoms with Crippen molar-refractivity contribution in [2.45, 2.75) is 43.0 Å².